The number of halogens is 3. The molecule has 5 rings (SSSR count). The number of H-pyrrole nitrogens is 1. The first-order valence-corrected chi connectivity index (χ1v) is 14.3. The highest BCUT2D eigenvalue weighted by molar-refractivity contribution is 5.82. The molecule has 3 aromatic carbocycles. The Bertz CT molecular complexity index is 1740. The van der Waals surface area contributed by atoms with E-state index in [0.29, 0.717) is 28.2 Å². The highest BCUT2D eigenvalue weighted by Crippen LogP contribution is 2.47. The van der Waals surface area contributed by atoms with Crippen molar-refractivity contribution in [2.24, 2.45) is 0 Å². The molecule has 0 saturated carbocycles. The number of amides is 1. The van der Waals surface area contributed by atoms with Gasteiger partial charge >= 0.3 is 17.8 Å². The molecule has 1 saturated heterocycles. The lowest BCUT2D eigenvalue weighted by Gasteiger charge is -2.43. The standard InChI is InChI=1S/C33H32F3N3O7/c1-19-18-39(31(43)38-29(19)41)26-17-25(37-30(42)33(34,35)36)27(46-26)28(40)32(20-7-5-4-6-8-20,21-9-13-23(44-2)14-10-21)22-11-15-24(45-3)16-12-22/h4-16,18,25-28,40H,17H2,1-3H3,(H,37,42)(H,38,41,43)/t25-,26+,27-,28?/m0/s1. The van der Waals surface area contributed by atoms with Crippen molar-refractivity contribution in [2.75, 3.05) is 14.2 Å². The van der Waals surface area contributed by atoms with Gasteiger partial charge in [0, 0.05) is 18.2 Å². The number of nitrogens with one attached hydrogen (secondary N) is 2. The SMILES string of the molecule is COc1ccc(C(c2ccccc2)(c2ccc(OC)cc2)C(O)[C@H]2O[C@@H](n3cc(C)c(=O)[nH]c3=O)C[C@@H]2NC(=O)C(F)(F)F)cc1. The van der Waals surface area contributed by atoms with E-state index < -0.39 is 53.2 Å². The average Bonchev–Trinajstić information content (AvgIpc) is 3.47. The number of hydrogen-bond acceptors (Lipinski definition) is 7. The van der Waals surface area contributed by atoms with Crippen molar-refractivity contribution < 1.29 is 37.3 Å². The van der Waals surface area contributed by atoms with Crippen LogP contribution in [-0.4, -0.2) is 59.2 Å². The average molecular weight is 640 g/mol. The minimum Gasteiger partial charge on any atom is -0.497 e. The fourth-order valence-electron chi connectivity index (χ4n) is 6.02. The van der Waals surface area contributed by atoms with E-state index in [0.717, 1.165) is 4.57 Å². The number of aromatic amines is 1. The van der Waals surface area contributed by atoms with E-state index in [1.54, 1.807) is 78.9 Å². The first kappa shape index (κ1) is 32.5. The number of carbonyl (C=O) groups excluding carboxylic acids is 1. The summed E-state index contributed by atoms with van der Waals surface area (Å²) in [6.07, 6.45) is -8.76. The number of rotatable bonds is 9. The van der Waals surface area contributed by atoms with Gasteiger partial charge in [-0.15, -0.1) is 0 Å². The monoisotopic (exact) mass is 639 g/mol. The van der Waals surface area contributed by atoms with Crippen molar-refractivity contribution >= 4 is 5.91 Å². The fourth-order valence-corrected chi connectivity index (χ4v) is 6.02. The summed E-state index contributed by atoms with van der Waals surface area (Å²) in [7, 11) is 3.00. The highest BCUT2D eigenvalue weighted by Gasteiger charge is 2.54. The third-order valence-corrected chi connectivity index (χ3v) is 8.27. The van der Waals surface area contributed by atoms with Gasteiger partial charge in [0.25, 0.3) is 5.56 Å². The second kappa shape index (κ2) is 12.9. The zero-order valence-electron chi connectivity index (χ0n) is 25.1. The fraction of sp³-hybridized carbons (Fsp3) is 0.303. The number of hydrogen-bond donors (Lipinski definition) is 3. The van der Waals surface area contributed by atoms with Crippen molar-refractivity contribution in [1.29, 1.82) is 0 Å². The summed E-state index contributed by atoms with van der Waals surface area (Å²) in [5.74, 6) is -1.19. The van der Waals surface area contributed by atoms with Crippen LogP contribution in [0.25, 0.3) is 0 Å². The molecule has 0 radical (unpaired) electrons. The number of ether oxygens (including phenoxy) is 3. The van der Waals surface area contributed by atoms with Crippen LogP contribution >= 0.6 is 0 Å². The molecule has 10 nitrogen and oxygen atoms in total. The summed E-state index contributed by atoms with van der Waals surface area (Å²) in [6.45, 7) is 1.45. The van der Waals surface area contributed by atoms with Gasteiger partial charge in [0.15, 0.2) is 0 Å². The molecule has 1 aliphatic rings. The van der Waals surface area contributed by atoms with Crippen LogP contribution in [0.1, 0.15) is 34.9 Å². The number of carbonyl (C=O) groups is 1. The van der Waals surface area contributed by atoms with E-state index >= 15 is 0 Å². The van der Waals surface area contributed by atoms with Crippen LogP contribution in [0.2, 0.25) is 0 Å². The lowest BCUT2D eigenvalue weighted by Crippen LogP contribution is -2.56. The Morgan fingerprint density at radius 2 is 1.46 bits per heavy atom. The molecule has 0 spiro atoms. The summed E-state index contributed by atoms with van der Waals surface area (Å²) in [6, 6.07) is 21.1. The number of aromatic nitrogens is 2. The van der Waals surface area contributed by atoms with Crippen LogP contribution < -0.4 is 26.0 Å². The molecule has 0 aliphatic carbocycles. The van der Waals surface area contributed by atoms with Crippen molar-refractivity contribution in [3.05, 3.63) is 128 Å². The molecular formula is C33H32F3N3O7. The zero-order chi connectivity index (χ0) is 33.2. The van der Waals surface area contributed by atoms with Gasteiger partial charge in [0.2, 0.25) is 0 Å². The minimum atomic E-state index is -5.23. The third kappa shape index (κ3) is 6.03. The number of aliphatic hydroxyl groups excluding tert-OH is 1. The molecule has 1 amide bonds. The lowest BCUT2D eigenvalue weighted by atomic mass is 9.64. The Morgan fingerprint density at radius 3 is 1.96 bits per heavy atom. The van der Waals surface area contributed by atoms with Gasteiger partial charge in [-0.25, -0.2) is 4.79 Å². The van der Waals surface area contributed by atoms with Crippen molar-refractivity contribution in [2.45, 2.75) is 49.4 Å². The zero-order valence-corrected chi connectivity index (χ0v) is 25.1. The van der Waals surface area contributed by atoms with Crippen LogP contribution in [0.4, 0.5) is 13.2 Å². The minimum absolute atomic E-state index is 0.151. The maximum absolute atomic E-state index is 13.5. The first-order valence-electron chi connectivity index (χ1n) is 14.3. The first-order chi connectivity index (χ1) is 21.9. The van der Waals surface area contributed by atoms with Crippen LogP contribution in [0.3, 0.4) is 0 Å². The number of alkyl halides is 3. The molecule has 0 bridgehead atoms. The van der Waals surface area contributed by atoms with E-state index in [4.69, 9.17) is 14.2 Å². The summed E-state index contributed by atoms with van der Waals surface area (Å²) >= 11 is 0. The van der Waals surface area contributed by atoms with Gasteiger partial charge in [-0.3, -0.25) is 19.1 Å². The maximum atomic E-state index is 13.5. The summed E-state index contributed by atoms with van der Waals surface area (Å²) < 4.78 is 58.6. The summed E-state index contributed by atoms with van der Waals surface area (Å²) in [5, 5.41) is 14.6. The summed E-state index contributed by atoms with van der Waals surface area (Å²) in [4.78, 5) is 39.3. The Labute approximate surface area is 261 Å². The van der Waals surface area contributed by atoms with Crippen molar-refractivity contribution in [3.63, 3.8) is 0 Å². The van der Waals surface area contributed by atoms with Gasteiger partial charge in [-0.1, -0.05) is 54.6 Å². The van der Waals surface area contributed by atoms with E-state index in [1.165, 1.54) is 27.3 Å². The number of methoxy groups -OCH3 is 2. The van der Waals surface area contributed by atoms with Crippen LogP contribution in [0.5, 0.6) is 11.5 Å². The molecule has 1 aliphatic heterocycles. The molecule has 46 heavy (non-hydrogen) atoms. The smallest absolute Gasteiger partial charge is 0.471 e. The Balaban J connectivity index is 1.73. The van der Waals surface area contributed by atoms with E-state index in [-0.39, 0.29) is 12.0 Å². The van der Waals surface area contributed by atoms with Gasteiger partial charge in [0.1, 0.15) is 29.9 Å². The molecule has 13 heteroatoms. The van der Waals surface area contributed by atoms with Crippen molar-refractivity contribution in [1.82, 2.24) is 14.9 Å². The van der Waals surface area contributed by atoms with Crippen LogP contribution in [0, 0.1) is 6.92 Å². The van der Waals surface area contributed by atoms with Crippen LogP contribution in [-0.2, 0) is 14.9 Å². The lowest BCUT2D eigenvalue weighted by molar-refractivity contribution is -0.175. The predicted octanol–water partition coefficient (Wildman–Crippen LogP) is 3.59. The number of nitrogens with zero attached hydrogens (tertiary/aromatic N) is 1. The molecule has 242 valence electrons. The Morgan fingerprint density at radius 1 is 0.935 bits per heavy atom. The third-order valence-electron chi connectivity index (χ3n) is 8.27. The molecule has 4 atom stereocenters. The van der Waals surface area contributed by atoms with Gasteiger partial charge < -0.3 is 24.6 Å². The number of aliphatic hydroxyl groups is 1. The maximum Gasteiger partial charge on any atom is 0.471 e. The van der Waals surface area contributed by atoms with Gasteiger partial charge in [-0.05, 0) is 47.9 Å². The second-order valence-electron chi connectivity index (χ2n) is 10.9. The normalized spacial score (nSPS) is 19.0. The second-order valence-corrected chi connectivity index (χ2v) is 10.9. The van der Waals surface area contributed by atoms with Crippen molar-refractivity contribution in [3.8, 4) is 11.5 Å². The highest BCUT2D eigenvalue weighted by atomic mass is 19.4. The quantitative estimate of drug-likeness (QED) is 0.239. The molecule has 4 aromatic rings. The number of benzene rings is 3. The van der Waals surface area contributed by atoms with Crippen LogP contribution in [0.15, 0.2) is 94.6 Å². The predicted molar refractivity (Wildman–Crippen MR) is 161 cm³/mol. The Hall–Kier alpha value is -4.88. The number of aryl methyl sites for hydroxylation is 1. The van der Waals surface area contributed by atoms with Gasteiger partial charge in [-0.2, -0.15) is 13.2 Å². The molecule has 1 aromatic heterocycles. The molecule has 1 fully saturated rings. The van der Waals surface area contributed by atoms with E-state index in [1.807, 2.05) is 5.32 Å². The molecule has 2 heterocycles. The van der Waals surface area contributed by atoms with Gasteiger partial charge in [0.05, 0.1) is 25.7 Å². The summed E-state index contributed by atoms with van der Waals surface area (Å²) in [5.41, 5.74) is -1.24. The largest absolute Gasteiger partial charge is 0.497 e. The molecular weight excluding hydrogens is 607 g/mol. The topological polar surface area (TPSA) is 132 Å². The molecule has 1 unspecified atom stereocenters. The van der Waals surface area contributed by atoms with E-state index in [9.17, 15) is 32.7 Å². The molecule has 3 N–H and O–H groups in total. The Kier molecular flexibility index (Phi) is 9.08. The van der Waals surface area contributed by atoms with E-state index in [2.05, 4.69) is 4.98 Å².